The van der Waals surface area contributed by atoms with Crippen molar-refractivity contribution in [1.82, 2.24) is 4.90 Å². The zero-order valence-corrected chi connectivity index (χ0v) is 13.6. The molecule has 1 fully saturated rings. The quantitative estimate of drug-likeness (QED) is 0.897. The van der Waals surface area contributed by atoms with Crippen LogP contribution in [0.25, 0.3) is 0 Å². The standard InChI is InChI=1S/C19H30N2/c1-3-21(19(14-20)10-6-7-15(2)12-19)13-17-11-16-8-4-5-9-18(16)17/h4-5,8-9,15,17H,3,6-7,10-14,20H2,1-2H3. The van der Waals surface area contributed by atoms with E-state index >= 15 is 0 Å². The number of nitrogens with two attached hydrogens (primary N) is 1. The Balaban J connectivity index is 1.73. The summed E-state index contributed by atoms with van der Waals surface area (Å²) in [6.45, 7) is 7.84. The highest BCUT2D eigenvalue weighted by Crippen LogP contribution is 2.40. The highest BCUT2D eigenvalue weighted by atomic mass is 15.2. The number of nitrogens with zero attached hydrogens (tertiary/aromatic N) is 1. The summed E-state index contributed by atoms with van der Waals surface area (Å²) in [5.41, 5.74) is 9.65. The monoisotopic (exact) mass is 286 g/mol. The smallest absolute Gasteiger partial charge is 0.0334 e. The lowest BCUT2D eigenvalue weighted by molar-refractivity contribution is 0.0363. The van der Waals surface area contributed by atoms with Gasteiger partial charge in [-0.05, 0) is 42.9 Å². The van der Waals surface area contributed by atoms with Gasteiger partial charge in [-0.25, -0.2) is 0 Å². The molecule has 2 aliphatic rings. The van der Waals surface area contributed by atoms with Gasteiger partial charge in [0.05, 0.1) is 0 Å². The van der Waals surface area contributed by atoms with E-state index in [4.69, 9.17) is 5.73 Å². The average molecular weight is 286 g/mol. The molecule has 0 spiro atoms. The lowest BCUT2D eigenvalue weighted by atomic mass is 9.73. The third-order valence-electron chi connectivity index (χ3n) is 5.90. The van der Waals surface area contributed by atoms with Crippen molar-refractivity contribution in [3.05, 3.63) is 35.4 Å². The first-order valence-electron chi connectivity index (χ1n) is 8.71. The Labute approximate surface area is 129 Å². The first kappa shape index (κ1) is 15.1. The fourth-order valence-electron chi connectivity index (χ4n) is 4.68. The van der Waals surface area contributed by atoms with Gasteiger partial charge in [-0.2, -0.15) is 0 Å². The molecule has 116 valence electrons. The molecule has 2 aliphatic carbocycles. The van der Waals surface area contributed by atoms with Gasteiger partial charge >= 0.3 is 0 Å². The van der Waals surface area contributed by atoms with Crippen molar-refractivity contribution in [3.63, 3.8) is 0 Å². The summed E-state index contributed by atoms with van der Waals surface area (Å²) in [6.07, 6.45) is 6.55. The molecule has 2 N–H and O–H groups in total. The van der Waals surface area contributed by atoms with Crippen LogP contribution in [-0.4, -0.2) is 30.1 Å². The molecule has 3 unspecified atom stereocenters. The van der Waals surface area contributed by atoms with Gasteiger partial charge in [0.15, 0.2) is 0 Å². The van der Waals surface area contributed by atoms with Crippen LogP contribution in [0.1, 0.15) is 56.6 Å². The molecule has 2 nitrogen and oxygen atoms in total. The van der Waals surface area contributed by atoms with Gasteiger partial charge in [0, 0.05) is 24.5 Å². The van der Waals surface area contributed by atoms with Gasteiger partial charge in [0.1, 0.15) is 0 Å². The van der Waals surface area contributed by atoms with Crippen LogP contribution in [0.15, 0.2) is 24.3 Å². The first-order chi connectivity index (χ1) is 10.2. The molecule has 0 heterocycles. The lowest BCUT2D eigenvalue weighted by Crippen LogP contribution is -2.57. The molecule has 1 aromatic carbocycles. The molecule has 0 amide bonds. The molecule has 21 heavy (non-hydrogen) atoms. The Morgan fingerprint density at radius 1 is 1.33 bits per heavy atom. The van der Waals surface area contributed by atoms with Gasteiger partial charge < -0.3 is 5.73 Å². The van der Waals surface area contributed by atoms with E-state index in [-0.39, 0.29) is 5.54 Å². The van der Waals surface area contributed by atoms with E-state index in [1.165, 1.54) is 38.6 Å². The highest BCUT2D eigenvalue weighted by Gasteiger charge is 2.40. The molecule has 0 radical (unpaired) electrons. The molecule has 3 rings (SSSR count). The number of hydrogen-bond acceptors (Lipinski definition) is 2. The topological polar surface area (TPSA) is 29.3 Å². The third-order valence-corrected chi connectivity index (χ3v) is 5.90. The number of likely N-dealkylation sites (N-methyl/N-ethyl adjacent to an activating group) is 1. The number of fused-ring (bicyclic) bond motifs is 1. The largest absolute Gasteiger partial charge is 0.329 e. The summed E-state index contributed by atoms with van der Waals surface area (Å²) < 4.78 is 0. The van der Waals surface area contributed by atoms with Crippen LogP contribution < -0.4 is 5.73 Å². The molecular weight excluding hydrogens is 256 g/mol. The first-order valence-corrected chi connectivity index (χ1v) is 8.71. The predicted octanol–water partition coefficient (Wildman–Crippen LogP) is 3.56. The van der Waals surface area contributed by atoms with Crippen LogP contribution >= 0.6 is 0 Å². The third kappa shape index (κ3) is 2.76. The summed E-state index contributed by atoms with van der Waals surface area (Å²) in [7, 11) is 0. The van der Waals surface area contributed by atoms with E-state index in [9.17, 15) is 0 Å². The van der Waals surface area contributed by atoms with Gasteiger partial charge in [-0.1, -0.05) is 51.0 Å². The van der Waals surface area contributed by atoms with Crippen molar-refractivity contribution in [2.45, 2.75) is 57.4 Å². The van der Waals surface area contributed by atoms with Crippen molar-refractivity contribution >= 4 is 0 Å². The Morgan fingerprint density at radius 2 is 2.14 bits per heavy atom. The Morgan fingerprint density at radius 3 is 2.81 bits per heavy atom. The Bertz CT molecular complexity index is 484. The van der Waals surface area contributed by atoms with Crippen LogP contribution in [0.3, 0.4) is 0 Å². The van der Waals surface area contributed by atoms with Gasteiger partial charge in [0.2, 0.25) is 0 Å². The van der Waals surface area contributed by atoms with Crippen LogP contribution in [0.4, 0.5) is 0 Å². The number of benzene rings is 1. The zero-order chi connectivity index (χ0) is 14.9. The van der Waals surface area contributed by atoms with E-state index in [0.717, 1.165) is 24.9 Å². The second-order valence-corrected chi connectivity index (χ2v) is 7.27. The minimum absolute atomic E-state index is 0.261. The normalized spacial score (nSPS) is 31.8. The fourth-order valence-corrected chi connectivity index (χ4v) is 4.68. The van der Waals surface area contributed by atoms with Crippen molar-refractivity contribution in [1.29, 1.82) is 0 Å². The summed E-state index contributed by atoms with van der Waals surface area (Å²) in [4.78, 5) is 2.71. The minimum atomic E-state index is 0.261. The summed E-state index contributed by atoms with van der Waals surface area (Å²) in [5.74, 6) is 1.55. The van der Waals surface area contributed by atoms with Gasteiger partial charge in [0.25, 0.3) is 0 Å². The summed E-state index contributed by atoms with van der Waals surface area (Å²) in [5, 5.41) is 0. The molecule has 0 aliphatic heterocycles. The van der Waals surface area contributed by atoms with Crippen LogP contribution in [0.5, 0.6) is 0 Å². The van der Waals surface area contributed by atoms with E-state index in [0.29, 0.717) is 0 Å². The van der Waals surface area contributed by atoms with Crippen LogP contribution in [-0.2, 0) is 6.42 Å². The van der Waals surface area contributed by atoms with Crippen molar-refractivity contribution in [3.8, 4) is 0 Å². The van der Waals surface area contributed by atoms with E-state index in [1.54, 1.807) is 11.1 Å². The lowest BCUT2D eigenvalue weighted by Gasteiger charge is -2.49. The van der Waals surface area contributed by atoms with Crippen LogP contribution in [0, 0.1) is 5.92 Å². The second-order valence-electron chi connectivity index (χ2n) is 7.27. The van der Waals surface area contributed by atoms with E-state index in [2.05, 4.69) is 43.0 Å². The highest BCUT2D eigenvalue weighted by molar-refractivity contribution is 5.40. The zero-order valence-electron chi connectivity index (χ0n) is 13.6. The SMILES string of the molecule is CCN(CC1Cc2ccccc21)C1(CN)CCCC(C)C1. The molecule has 0 saturated heterocycles. The van der Waals surface area contributed by atoms with E-state index < -0.39 is 0 Å². The molecule has 1 saturated carbocycles. The van der Waals surface area contributed by atoms with Gasteiger partial charge in [-0.15, -0.1) is 0 Å². The van der Waals surface area contributed by atoms with E-state index in [1.807, 2.05) is 0 Å². The molecule has 1 aromatic rings. The van der Waals surface area contributed by atoms with Gasteiger partial charge in [-0.3, -0.25) is 4.90 Å². The summed E-state index contributed by atoms with van der Waals surface area (Å²) in [6, 6.07) is 8.94. The second kappa shape index (κ2) is 6.10. The van der Waals surface area contributed by atoms with Crippen molar-refractivity contribution in [2.75, 3.05) is 19.6 Å². The molecular formula is C19H30N2. The minimum Gasteiger partial charge on any atom is -0.329 e. The Hall–Kier alpha value is -0.860. The number of hydrogen-bond donors (Lipinski definition) is 1. The summed E-state index contributed by atoms with van der Waals surface area (Å²) >= 11 is 0. The maximum Gasteiger partial charge on any atom is 0.0334 e. The average Bonchev–Trinajstić information content (AvgIpc) is 2.48. The molecule has 3 atom stereocenters. The fraction of sp³-hybridized carbons (Fsp3) is 0.684. The number of rotatable bonds is 5. The maximum atomic E-state index is 6.27. The molecule has 0 bridgehead atoms. The maximum absolute atomic E-state index is 6.27. The molecule has 0 aromatic heterocycles. The molecule has 2 heteroatoms. The van der Waals surface area contributed by atoms with Crippen LogP contribution in [0.2, 0.25) is 0 Å². The van der Waals surface area contributed by atoms with Crippen molar-refractivity contribution in [2.24, 2.45) is 11.7 Å². The Kier molecular flexibility index (Phi) is 4.37. The van der Waals surface area contributed by atoms with Crippen molar-refractivity contribution < 1.29 is 0 Å². The predicted molar refractivity (Wildman–Crippen MR) is 89.6 cm³/mol.